The molecule has 2 aromatic rings. The summed E-state index contributed by atoms with van der Waals surface area (Å²) in [5.41, 5.74) is 0.330. The third-order valence-corrected chi connectivity index (χ3v) is 3.21. The van der Waals surface area contributed by atoms with E-state index in [1.165, 1.54) is 0 Å². The standard InChI is InChI=1S/C11H10F3NOS/c1-2-6-16-8-5-3-4-7-9(8)17-10(15-7)11(12,13)14/h3-5H,2,6H2,1H3. The van der Waals surface area contributed by atoms with Crippen LogP contribution >= 0.6 is 11.3 Å². The second kappa shape index (κ2) is 4.52. The zero-order valence-electron chi connectivity index (χ0n) is 9.04. The van der Waals surface area contributed by atoms with Crippen molar-refractivity contribution in [2.24, 2.45) is 0 Å². The summed E-state index contributed by atoms with van der Waals surface area (Å²) in [6.07, 6.45) is -3.59. The largest absolute Gasteiger partial charge is 0.492 e. The second-order valence-corrected chi connectivity index (χ2v) is 4.47. The molecule has 0 atom stereocenters. The fourth-order valence-corrected chi connectivity index (χ4v) is 2.27. The number of thiazole rings is 1. The van der Waals surface area contributed by atoms with E-state index < -0.39 is 11.2 Å². The van der Waals surface area contributed by atoms with Gasteiger partial charge in [-0.1, -0.05) is 13.0 Å². The second-order valence-electron chi connectivity index (χ2n) is 3.47. The maximum Gasteiger partial charge on any atom is 0.443 e. The zero-order valence-corrected chi connectivity index (χ0v) is 9.86. The molecule has 1 heterocycles. The molecule has 0 aliphatic carbocycles. The molecule has 0 amide bonds. The number of nitrogens with zero attached hydrogens (tertiary/aromatic N) is 1. The lowest BCUT2D eigenvalue weighted by atomic mass is 10.3. The maximum atomic E-state index is 12.5. The van der Waals surface area contributed by atoms with Gasteiger partial charge in [0.2, 0.25) is 0 Å². The Morgan fingerprint density at radius 2 is 2.12 bits per heavy atom. The minimum absolute atomic E-state index is 0.330. The van der Waals surface area contributed by atoms with Crippen molar-refractivity contribution in [1.82, 2.24) is 4.98 Å². The number of rotatable bonds is 3. The van der Waals surface area contributed by atoms with E-state index >= 15 is 0 Å². The van der Waals surface area contributed by atoms with E-state index in [0.717, 1.165) is 6.42 Å². The summed E-state index contributed by atoms with van der Waals surface area (Å²) in [6, 6.07) is 4.86. The molecule has 0 radical (unpaired) electrons. The van der Waals surface area contributed by atoms with Crippen molar-refractivity contribution < 1.29 is 17.9 Å². The molecule has 1 aromatic carbocycles. The van der Waals surface area contributed by atoms with E-state index in [-0.39, 0.29) is 0 Å². The molecule has 2 rings (SSSR count). The van der Waals surface area contributed by atoms with Crippen LogP contribution in [0, 0.1) is 0 Å². The van der Waals surface area contributed by atoms with Crippen molar-refractivity contribution in [3.8, 4) is 5.75 Å². The SMILES string of the molecule is CCCOc1cccc2nc(C(F)(F)F)sc12. The third-order valence-electron chi connectivity index (χ3n) is 2.08. The first-order valence-corrected chi connectivity index (χ1v) is 5.93. The quantitative estimate of drug-likeness (QED) is 0.829. The highest BCUT2D eigenvalue weighted by molar-refractivity contribution is 7.19. The average molecular weight is 261 g/mol. The molecule has 92 valence electrons. The predicted molar refractivity (Wildman–Crippen MR) is 60.4 cm³/mol. The number of benzene rings is 1. The van der Waals surface area contributed by atoms with Crippen molar-refractivity contribution in [3.05, 3.63) is 23.2 Å². The lowest BCUT2D eigenvalue weighted by molar-refractivity contribution is -0.137. The van der Waals surface area contributed by atoms with Gasteiger partial charge in [0.1, 0.15) is 5.75 Å². The van der Waals surface area contributed by atoms with Crippen molar-refractivity contribution in [3.63, 3.8) is 0 Å². The minimum Gasteiger partial charge on any atom is -0.492 e. The molecule has 0 unspecified atom stereocenters. The van der Waals surface area contributed by atoms with E-state index in [1.54, 1.807) is 18.2 Å². The molecule has 17 heavy (non-hydrogen) atoms. The Balaban J connectivity index is 2.45. The predicted octanol–water partition coefficient (Wildman–Crippen LogP) is 4.10. The van der Waals surface area contributed by atoms with E-state index in [2.05, 4.69) is 4.98 Å². The van der Waals surface area contributed by atoms with Crippen molar-refractivity contribution in [2.45, 2.75) is 19.5 Å². The highest BCUT2D eigenvalue weighted by atomic mass is 32.1. The van der Waals surface area contributed by atoms with Crippen LogP contribution in [0.15, 0.2) is 18.2 Å². The summed E-state index contributed by atoms with van der Waals surface area (Å²) >= 11 is 0.620. The number of hydrogen-bond acceptors (Lipinski definition) is 3. The highest BCUT2D eigenvalue weighted by Crippen LogP contribution is 2.38. The summed E-state index contributed by atoms with van der Waals surface area (Å²) < 4.78 is 43.4. The summed E-state index contributed by atoms with van der Waals surface area (Å²) in [5.74, 6) is 0.470. The Hall–Kier alpha value is -1.30. The Labute approximate surface area is 100 Å². The number of aromatic nitrogens is 1. The van der Waals surface area contributed by atoms with Gasteiger partial charge in [0.15, 0.2) is 5.01 Å². The fourth-order valence-electron chi connectivity index (χ4n) is 1.37. The summed E-state index contributed by atoms with van der Waals surface area (Å²) in [4.78, 5) is 3.57. The number of fused-ring (bicyclic) bond motifs is 1. The molecule has 1 aromatic heterocycles. The van der Waals surface area contributed by atoms with Gasteiger partial charge in [0.25, 0.3) is 0 Å². The van der Waals surface area contributed by atoms with Crippen molar-refractivity contribution in [2.75, 3.05) is 6.61 Å². The van der Waals surface area contributed by atoms with Crippen LogP contribution in [0.5, 0.6) is 5.75 Å². The molecular weight excluding hydrogens is 251 g/mol. The van der Waals surface area contributed by atoms with Crippen molar-refractivity contribution >= 4 is 21.6 Å². The molecule has 0 spiro atoms. The van der Waals surface area contributed by atoms with Gasteiger partial charge in [0.05, 0.1) is 16.8 Å². The van der Waals surface area contributed by atoms with Crippen LogP contribution in [0.1, 0.15) is 18.4 Å². The lowest BCUT2D eigenvalue weighted by Crippen LogP contribution is -2.03. The van der Waals surface area contributed by atoms with E-state index in [4.69, 9.17) is 4.74 Å². The van der Waals surface area contributed by atoms with Crippen LogP contribution in [-0.4, -0.2) is 11.6 Å². The van der Waals surface area contributed by atoms with Gasteiger partial charge in [-0.05, 0) is 18.6 Å². The smallest absolute Gasteiger partial charge is 0.443 e. The molecule has 0 saturated heterocycles. The molecule has 0 N–H and O–H groups in total. The Kier molecular flexibility index (Phi) is 3.24. The highest BCUT2D eigenvalue weighted by Gasteiger charge is 2.35. The molecular formula is C11H10F3NOS. The van der Waals surface area contributed by atoms with Gasteiger partial charge in [-0.3, -0.25) is 0 Å². The molecule has 6 heteroatoms. The van der Waals surface area contributed by atoms with E-state index in [1.807, 2.05) is 6.92 Å². The van der Waals surface area contributed by atoms with Gasteiger partial charge in [-0.15, -0.1) is 11.3 Å². The summed E-state index contributed by atoms with van der Waals surface area (Å²) in [6.45, 7) is 2.42. The molecule has 0 saturated carbocycles. The van der Waals surface area contributed by atoms with Gasteiger partial charge < -0.3 is 4.74 Å². The first-order chi connectivity index (χ1) is 8.02. The molecule has 0 bridgehead atoms. The Morgan fingerprint density at radius 1 is 1.35 bits per heavy atom. The molecule has 0 aliphatic heterocycles. The van der Waals surface area contributed by atoms with E-state index in [9.17, 15) is 13.2 Å². The van der Waals surface area contributed by atoms with Gasteiger partial charge in [0, 0.05) is 0 Å². The first-order valence-electron chi connectivity index (χ1n) is 5.12. The van der Waals surface area contributed by atoms with Gasteiger partial charge >= 0.3 is 6.18 Å². The first kappa shape index (κ1) is 12.2. The lowest BCUT2D eigenvalue weighted by Gasteiger charge is -2.04. The number of halogens is 3. The van der Waals surface area contributed by atoms with Gasteiger partial charge in [-0.2, -0.15) is 13.2 Å². The Morgan fingerprint density at radius 3 is 2.76 bits per heavy atom. The summed E-state index contributed by atoms with van der Waals surface area (Å²) in [7, 11) is 0. The molecule has 0 fully saturated rings. The number of alkyl halides is 3. The molecule has 0 aliphatic rings. The van der Waals surface area contributed by atoms with Crippen LogP contribution in [0.25, 0.3) is 10.2 Å². The van der Waals surface area contributed by atoms with Crippen molar-refractivity contribution in [1.29, 1.82) is 0 Å². The van der Waals surface area contributed by atoms with Crippen LogP contribution in [0.4, 0.5) is 13.2 Å². The monoisotopic (exact) mass is 261 g/mol. The van der Waals surface area contributed by atoms with Crippen LogP contribution in [0.3, 0.4) is 0 Å². The third kappa shape index (κ3) is 2.52. The summed E-state index contributed by atoms with van der Waals surface area (Å²) in [5, 5.41) is -0.833. The van der Waals surface area contributed by atoms with Gasteiger partial charge in [-0.25, -0.2) is 4.98 Å². The normalized spacial score (nSPS) is 12.0. The molecule has 2 nitrogen and oxygen atoms in total. The topological polar surface area (TPSA) is 22.1 Å². The van der Waals surface area contributed by atoms with Crippen LogP contribution < -0.4 is 4.74 Å². The van der Waals surface area contributed by atoms with Crippen LogP contribution in [-0.2, 0) is 6.18 Å². The van der Waals surface area contributed by atoms with E-state index in [0.29, 0.717) is 33.9 Å². The Bertz CT molecular complexity index is 521. The fraction of sp³-hybridized carbons (Fsp3) is 0.364. The number of ether oxygens (including phenoxy) is 1. The number of hydrogen-bond donors (Lipinski definition) is 0. The van der Waals surface area contributed by atoms with Crippen LogP contribution in [0.2, 0.25) is 0 Å². The maximum absolute atomic E-state index is 12.5. The zero-order chi connectivity index (χ0) is 12.5. The minimum atomic E-state index is -4.40. The average Bonchev–Trinajstić information content (AvgIpc) is 2.70.